The summed E-state index contributed by atoms with van der Waals surface area (Å²) in [5.41, 5.74) is 3.44. The number of hydrogen-bond donors (Lipinski definition) is 2. The Morgan fingerprint density at radius 3 is 2.43 bits per heavy atom. The van der Waals surface area contributed by atoms with E-state index in [0.29, 0.717) is 11.4 Å². The first-order chi connectivity index (χ1) is 11.1. The summed E-state index contributed by atoms with van der Waals surface area (Å²) >= 11 is 3.35. The van der Waals surface area contributed by atoms with Gasteiger partial charge in [-0.05, 0) is 30.3 Å². The molecule has 2 rings (SSSR count). The highest BCUT2D eigenvalue weighted by Gasteiger charge is 2.12. The molecule has 2 amide bonds. The third kappa shape index (κ3) is 4.93. The lowest BCUT2D eigenvalue weighted by Crippen LogP contribution is -2.32. The van der Waals surface area contributed by atoms with Crippen LogP contribution in [-0.4, -0.2) is 25.1 Å². The van der Waals surface area contributed by atoms with Crippen LogP contribution in [0.5, 0.6) is 5.75 Å². The van der Waals surface area contributed by atoms with E-state index >= 15 is 0 Å². The average Bonchev–Trinajstić information content (AvgIpc) is 2.57. The fraction of sp³-hybridized carbons (Fsp3) is 0.0625. The van der Waals surface area contributed by atoms with Crippen molar-refractivity contribution in [1.82, 2.24) is 5.43 Å². The second kappa shape index (κ2) is 8.09. The molecular weight excluding hydrogens is 362 g/mol. The highest BCUT2D eigenvalue weighted by molar-refractivity contribution is 9.10. The number of nitrogens with one attached hydrogen (secondary N) is 2. The number of nitrogens with zero attached hydrogens (tertiary/aromatic N) is 1. The maximum Gasteiger partial charge on any atom is 0.329 e. The molecule has 0 bridgehead atoms. The fourth-order valence-electron chi connectivity index (χ4n) is 1.65. The third-order valence-electron chi connectivity index (χ3n) is 2.83. The molecule has 0 saturated heterocycles. The second-order valence-electron chi connectivity index (χ2n) is 4.40. The fourth-order valence-corrected chi connectivity index (χ4v) is 2.04. The maximum absolute atomic E-state index is 11.7. The molecule has 0 fully saturated rings. The van der Waals surface area contributed by atoms with Gasteiger partial charge in [-0.15, -0.1) is 0 Å². The summed E-state index contributed by atoms with van der Waals surface area (Å²) < 4.78 is 5.85. The molecule has 2 N–H and O–H groups in total. The van der Waals surface area contributed by atoms with Gasteiger partial charge in [-0.1, -0.05) is 34.1 Å². The number of carbonyl (C=O) groups is 2. The van der Waals surface area contributed by atoms with Gasteiger partial charge in [-0.3, -0.25) is 9.59 Å². The summed E-state index contributed by atoms with van der Waals surface area (Å²) in [6, 6.07) is 14.0. The predicted octanol–water partition coefficient (Wildman–Crippen LogP) is 2.55. The summed E-state index contributed by atoms with van der Waals surface area (Å²) in [6.45, 7) is 0. The molecule has 0 radical (unpaired) electrons. The number of halogens is 1. The zero-order valence-electron chi connectivity index (χ0n) is 12.2. The molecule has 0 spiro atoms. The van der Waals surface area contributed by atoms with Crippen LogP contribution in [0.4, 0.5) is 5.69 Å². The summed E-state index contributed by atoms with van der Waals surface area (Å²) in [5, 5.41) is 6.22. The molecule has 0 aliphatic carbocycles. The Kier molecular flexibility index (Phi) is 5.87. The highest BCUT2D eigenvalue weighted by atomic mass is 79.9. The van der Waals surface area contributed by atoms with Crippen LogP contribution < -0.4 is 15.5 Å². The van der Waals surface area contributed by atoms with Gasteiger partial charge in [-0.2, -0.15) is 5.10 Å². The van der Waals surface area contributed by atoms with Crippen LogP contribution in [0, 0.1) is 0 Å². The molecule has 7 heteroatoms. The molecule has 0 aliphatic rings. The van der Waals surface area contributed by atoms with E-state index in [1.54, 1.807) is 31.4 Å². The lowest BCUT2D eigenvalue weighted by molar-refractivity contribution is -0.136. The lowest BCUT2D eigenvalue weighted by Gasteiger charge is -2.05. The van der Waals surface area contributed by atoms with Crippen LogP contribution in [0.15, 0.2) is 58.1 Å². The van der Waals surface area contributed by atoms with Gasteiger partial charge in [0.05, 0.1) is 13.3 Å². The standard InChI is InChI=1S/C16H14BrN3O3/c1-23-13-8-6-12(7-9-13)19-15(21)16(22)20-18-10-11-4-2-3-5-14(11)17/h2-10H,1H3,(H,19,21)(H,20,22)/b18-10+. The molecule has 0 aliphatic heterocycles. The quantitative estimate of drug-likeness (QED) is 0.489. The Morgan fingerprint density at radius 1 is 1.09 bits per heavy atom. The zero-order chi connectivity index (χ0) is 16.7. The molecular formula is C16H14BrN3O3. The Hall–Kier alpha value is -2.67. The normalized spacial score (nSPS) is 10.3. The van der Waals surface area contributed by atoms with Crippen LogP contribution in [0.2, 0.25) is 0 Å². The van der Waals surface area contributed by atoms with Crippen LogP contribution in [0.3, 0.4) is 0 Å². The number of ether oxygens (including phenoxy) is 1. The van der Waals surface area contributed by atoms with E-state index in [1.807, 2.05) is 24.3 Å². The van der Waals surface area contributed by atoms with E-state index in [-0.39, 0.29) is 0 Å². The van der Waals surface area contributed by atoms with Crippen LogP contribution >= 0.6 is 15.9 Å². The molecule has 2 aromatic rings. The van der Waals surface area contributed by atoms with Gasteiger partial charge in [0.2, 0.25) is 0 Å². The van der Waals surface area contributed by atoms with Gasteiger partial charge in [0.1, 0.15) is 5.75 Å². The first kappa shape index (κ1) is 16.7. The number of hydrogen-bond acceptors (Lipinski definition) is 4. The molecule has 0 heterocycles. The lowest BCUT2D eigenvalue weighted by atomic mass is 10.2. The van der Waals surface area contributed by atoms with Crippen LogP contribution in [0.1, 0.15) is 5.56 Å². The van der Waals surface area contributed by atoms with E-state index < -0.39 is 11.8 Å². The Balaban J connectivity index is 1.89. The molecule has 6 nitrogen and oxygen atoms in total. The predicted molar refractivity (Wildman–Crippen MR) is 91.5 cm³/mol. The summed E-state index contributed by atoms with van der Waals surface area (Å²) in [7, 11) is 1.55. The van der Waals surface area contributed by atoms with Crippen molar-refractivity contribution in [3.05, 3.63) is 58.6 Å². The largest absolute Gasteiger partial charge is 0.497 e. The van der Waals surface area contributed by atoms with Crippen molar-refractivity contribution >= 4 is 39.6 Å². The molecule has 0 atom stereocenters. The number of rotatable bonds is 4. The average molecular weight is 376 g/mol. The van der Waals surface area contributed by atoms with E-state index in [9.17, 15) is 9.59 Å². The Labute approximate surface area is 141 Å². The highest BCUT2D eigenvalue weighted by Crippen LogP contribution is 2.15. The minimum absolute atomic E-state index is 0.487. The molecule has 0 saturated carbocycles. The molecule has 0 aromatic heterocycles. The number of amides is 2. The third-order valence-corrected chi connectivity index (χ3v) is 3.55. The number of anilines is 1. The van der Waals surface area contributed by atoms with Gasteiger partial charge in [0, 0.05) is 15.7 Å². The van der Waals surface area contributed by atoms with Crippen molar-refractivity contribution in [2.24, 2.45) is 5.10 Å². The Morgan fingerprint density at radius 2 is 1.78 bits per heavy atom. The molecule has 0 unspecified atom stereocenters. The number of carbonyl (C=O) groups excluding carboxylic acids is 2. The van der Waals surface area contributed by atoms with Crippen molar-refractivity contribution in [2.45, 2.75) is 0 Å². The smallest absolute Gasteiger partial charge is 0.329 e. The van der Waals surface area contributed by atoms with Crippen molar-refractivity contribution in [1.29, 1.82) is 0 Å². The summed E-state index contributed by atoms with van der Waals surface area (Å²) in [4.78, 5) is 23.4. The van der Waals surface area contributed by atoms with Gasteiger partial charge in [0.15, 0.2) is 0 Å². The SMILES string of the molecule is COc1ccc(NC(=O)C(=O)N/N=C/c2ccccc2Br)cc1. The van der Waals surface area contributed by atoms with Gasteiger partial charge in [-0.25, -0.2) is 5.43 Å². The second-order valence-corrected chi connectivity index (χ2v) is 5.26. The zero-order valence-corrected chi connectivity index (χ0v) is 13.8. The minimum atomic E-state index is -0.857. The van der Waals surface area contributed by atoms with E-state index in [2.05, 4.69) is 31.8 Å². The topological polar surface area (TPSA) is 79.8 Å². The molecule has 2 aromatic carbocycles. The van der Waals surface area contributed by atoms with Gasteiger partial charge >= 0.3 is 11.8 Å². The minimum Gasteiger partial charge on any atom is -0.497 e. The van der Waals surface area contributed by atoms with Crippen LogP contribution in [-0.2, 0) is 9.59 Å². The summed E-state index contributed by atoms with van der Waals surface area (Å²) in [6.07, 6.45) is 1.45. The first-order valence-electron chi connectivity index (χ1n) is 6.63. The van der Waals surface area contributed by atoms with Crippen molar-refractivity contribution in [2.75, 3.05) is 12.4 Å². The number of methoxy groups -OCH3 is 1. The summed E-state index contributed by atoms with van der Waals surface area (Å²) in [5.74, 6) is -1.01. The van der Waals surface area contributed by atoms with E-state index in [0.717, 1.165) is 10.0 Å². The van der Waals surface area contributed by atoms with Gasteiger partial charge < -0.3 is 10.1 Å². The molecule has 118 valence electrons. The number of hydrazone groups is 1. The monoisotopic (exact) mass is 375 g/mol. The number of benzene rings is 2. The van der Waals surface area contributed by atoms with Crippen LogP contribution in [0.25, 0.3) is 0 Å². The molecule has 23 heavy (non-hydrogen) atoms. The van der Waals surface area contributed by atoms with Crippen molar-refractivity contribution < 1.29 is 14.3 Å². The van der Waals surface area contributed by atoms with Crippen molar-refractivity contribution in [3.63, 3.8) is 0 Å². The van der Waals surface area contributed by atoms with Gasteiger partial charge in [0.25, 0.3) is 0 Å². The van der Waals surface area contributed by atoms with E-state index in [1.165, 1.54) is 6.21 Å². The first-order valence-corrected chi connectivity index (χ1v) is 7.42. The maximum atomic E-state index is 11.7. The Bertz CT molecular complexity index is 730. The van der Waals surface area contributed by atoms with Crippen molar-refractivity contribution in [3.8, 4) is 5.75 Å². The van der Waals surface area contributed by atoms with E-state index in [4.69, 9.17) is 4.74 Å².